The van der Waals surface area contributed by atoms with E-state index < -0.39 is 5.60 Å². The van der Waals surface area contributed by atoms with Gasteiger partial charge in [-0.25, -0.2) is 14.8 Å². The number of hydrogen-bond donors (Lipinski definition) is 3. The van der Waals surface area contributed by atoms with E-state index in [2.05, 4.69) is 36.4 Å². The van der Waals surface area contributed by atoms with Gasteiger partial charge in [0.25, 0.3) is 0 Å². The number of nitrogens with zero attached hydrogens (tertiary/aromatic N) is 4. The summed E-state index contributed by atoms with van der Waals surface area (Å²) in [6.07, 6.45) is 4.69. The number of ether oxygens (including phenoxy) is 1. The van der Waals surface area contributed by atoms with Crippen LogP contribution in [0, 0.1) is 18.3 Å². The van der Waals surface area contributed by atoms with E-state index in [4.69, 9.17) is 4.74 Å². The average molecular weight is 430 g/mol. The normalized spacial score (nSPS) is 18.9. The minimum Gasteiger partial charge on any atom is -0.444 e. The van der Waals surface area contributed by atoms with Gasteiger partial charge in [-0.3, -0.25) is 0 Å². The number of aryl methyl sites for hydroxylation is 1. The second-order valence-corrected chi connectivity index (χ2v) is 9.17. The highest BCUT2D eigenvalue weighted by molar-refractivity contribution is 7.10. The molecule has 1 aliphatic rings. The Morgan fingerprint density at radius 3 is 2.57 bits per heavy atom. The third-order valence-corrected chi connectivity index (χ3v) is 5.34. The van der Waals surface area contributed by atoms with Crippen molar-refractivity contribution in [3.8, 4) is 6.07 Å². The van der Waals surface area contributed by atoms with Crippen LogP contribution >= 0.6 is 11.5 Å². The smallest absolute Gasteiger partial charge is 0.407 e. The Bertz CT molecular complexity index is 924. The molecule has 3 rings (SSSR count). The van der Waals surface area contributed by atoms with Gasteiger partial charge < -0.3 is 20.7 Å². The number of hydrogen-bond acceptors (Lipinski definition) is 9. The lowest BCUT2D eigenvalue weighted by Crippen LogP contribution is -2.42. The predicted octanol–water partition coefficient (Wildman–Crippen LogP) is 4.10. The largest absolute Gasteiger partial charge is 0.444 e. The van der Waals surface area contributed by atoms with Gasteiger partial charge in [-0.2, -0.15) is 9.64 Å². The molecule has 0 aromatic carbocycles. The number of aromatic nitrogens is 3. The molecule has 9 nitrogen and oxygen atoms in total. The molecule has 0 bridgehead atoms. The highest BCUT2D eigenvalue weighted by atomic mass is 32.1. The van der Waals surface area contributed by atoms with E-state index in [1.54, 1.807) is 6.20 Å². The summed E-state index contributed by atoms with van der Waals surface area (Å²) >= 11 is 1.31. The number of rotatable bonds is 5. The van der Waals surface area contributed by atoms with Gasteiger partial charge in [-0.15, -0.1) is 0 Å². The number of carbonyl (C=O) groups is 1. The molecule has 0 saturated heterocycles. The lowest BCUT2D eigenvalue weighted by Gasteiger charge is -2.30. The Balaban J connectivity index is 1.55. The van der Waals surface area contributed by atoms with E-state index >= 15 is 0 Å². The Morgan fingerprint density at radius 1 is 1.27 bits per heavy atom. The van der Waals surface area contributed by atoms with Crippen LogP contribution in [-0.2, 0) is 4.74 Å². The van der Waals surface area contributed by atoms with Crippen LogP contribution in [0.3, 0.4) is 0 Å². The lowest BCUT2D eigenvalue weighted by molar-refractivity contribution is 0.0492. The quantitative estimate of drug-likeness (QED) is 0.648. The molecule has 2 aromatic rings. The minimum absolute atomic E-state index is 0.108. The monoisotopic (exact) mass is 429 g/mol. The molecular formula is C20H27N7O2S. The van der Waals surface area contributed by atoms with E-state index in [1.165, 1.54) is 11.5 Å². The SMILES string of the molecule is Cc1cc(Nc2nc(N[C@H]3CC[C@H](NC(=O)OC(C)(C)C)CC3)cnc2C#N)sn1. The standard InChI is InChI=1S/C20H27N7O2S/c1-12-9-17(30-27-12)26-18-15(10-21)22-11-16(25-18)23-13-5-7-14(8-6-13)24-19(28)29-20(2,3)4/h9,11,13-14H,5-8H2,1-4H3,(H,24,28)(H2,23,25,26)/t13-,14-. The van der Waals surface area contributed by atoms with Crippen molar-refractivity contribution < 1.29 is 9.53 Å². The first kappa shape index (κ1) is 21.8. The second kappa shape index (κ2) is 9.26. The van der Waals surface area contributed by atoms with Crippen LogP contribution in [-0.4, -0.2) is 38.1 Å². The lowest BCUT2D eigenvalue weighted by atomic mass is 9.91. The number of nitrogens with one attached hydrogen (secondary N) is 3. The molecule has 0 aliphatic heterocycles. The molecule has 1 amide bonds. The summed E-state index contributed by atoms with van der Waals surface area (Å²) in [5, 5.41) is 19.6. The first-order valence-corrected chi connectivity index (χ1v) is 10.7. The number of alkyl carbamates (subject to hydrolysis) is 1. The molecule has 1 fully saturated rings. The first-order chi connectivity index (χ1) is 14.2. The summed E-state index contributed by atoms with van der Waals surface area (Å²) in [5.74, 6) is 1.02. The summed E-state index contributed by atoms with van der Waals surface area (Å²) < 4.78 is 9.55. The molecular weight excluding hydrogens is 402 g/mol. The highest BCUT2D eigenvalue weighted by Crippen LogP contribution is 2.25. The number of carbonyl (C=O) groups excluding carboxylic acids is 1. The maximum absolute atomic E-state index is 11.9. The zero-order valence-corrected chi connectivity index (χ0v) is 18.5. The summed E-state index contributed by atoms with van der Waals surface area (Å²) in [4.78, 5) is 20.7. The van der Waals surface area contributed by atoms with Gasteiger partial charge in [0.1, 0.15) is 22.5 Å². The zero-order valence-electron chi connectivity index (χ0n) is 17.7. The predicted molar refractivity (Wildman–Crippen MR) is 116 cm³/mol. The van der Waals surface area contributed by atoms with Crippen molar-refractivity contribution in [2.75, 3.05) is 10.6 Å². The van der Waals surface area contributed by atoms with Gasteiger partial charge in [0.15, 0.2) is 11.5 Å². The van der Waals surface area contributed by atoms with Crippen LogP contribution in [0.1, 0.15) is 57.8 Å². The van der Waals surface area contributed by atoms with Crippen LogP contribution in [0.4, 0.5) is 21.4 Å². The van der Waals surface area contributed by atoms with E-state index in [-0.39, 0.29) is 23.9 Å². The Morgan fingerprint density at radius 2 is 1.97 bits per heavy atom. The molecule has 1 saturated carbocycles. The van der Waals surface area contributed by atoms with Crippen molar-refractivity contribution in [1.82, 2.24) is 19.7 Å². The maximum atomic E-state index is 11.9. The highest BCUT2D eigenvalue weighted by Gasteiger charge is 2.25. The van der Waals surface area contributed by atoms with Crippen molar-refractivity contribution in [2.45, 2.75) is 71.1 Å². The van der Waals surface area contributed by atoms with Crippen LogP contribution in [0.25, 0.3) is 0 Å². The van der Waals surface area contributed by atoms with Gasteiger partial charge in [-0.1, -0.05) is 0 Å². The maximum Gasteiger partial charge on any atom is 0.407 e. The van der Waals surface area contributed by atoms with Crippen LogP contribution in [0.15, 0.2) is 12.3 Å². The van der Waals surface area contributed by atoms with E-state index in [0.717, 1.165) is 36.4 Å². The molecule has 2 aromatic heterocycles. The topological polar surface area (TPSA) is 125 Å². The van der Waals surface area contributed by atoms with Crippen molar-refractivity contribution in [3.63, 3.8) is 0 Å². The third kappa shape index (κ3) is 6.29. The number of anilines is 3. The summed E-state index contributed by atoms with van der Waals surface area (Å²) in [7, 11) is 0. The molecule has 0 spiro atoms. The first-order valence-electron chi connectivity index (χ1n) is 9.95. The fraction of sp³-hybridized carbons (Fsp3) is 0.550. The molecule has 30 heavy (non-hydrogen) atoms. The van der Waals surface area contributed by atoms with Crippen LogP contribution in [0.5, 0.6) is 0 Å². The van der Waals surface area contributed by atoms with Gasteiger partial charge >= 0.3 is 6.09 Å². The molecule has 0 atom stereocenters. The van der Waals surface area contributed by atoms with Gasteiger partial charge in [0.2, 0.25) is 0 Å². The molecule has 1 aliphatic carbocycles. The molecule has 2 heterocycles. The molecule has 0 radical (unpaired) electrons. The van der Waals surface area contributed by atoms with Crippen LogP contribution < -0.4 is 16.0 Å². The fourth-order valence-corrected chi connectivity index (χ4v) is 3.89. The molecule has 10 heteroatoms. The van der Waals surface area contributed by atoms with Crippen molar-refractivity contribution in [3.05, 3.63) is 23.7 Å². The Hall–Kier alpha value is -2.93. The number of amides is 1. The number of nitriles is 1. The van der Waals surface area contributed by atoms with E-state index in [0.29, 0.717) is 11.6 Å². The molecule has 0 unspecified atom stereocenters. The van der Waals surface area contributed by atoms with E-state index in [1.807, 2.05) is 33.8 Å². The Kier molecular flexibility index (Phi) is 6.72. The minimum atomic E-state index is -0.499. The van der Waals surface area contributed by atoms with Crippen molar-refractivity contribution in [2.24, 2.45) is 0 Å². The summed E-state index contributed by atoms with van der Waals surface area (Å²) in [5.41, 5.74) is 0.637. The van der Waals surface area contributed by atoms with Gasteiger partial charge in [0.05, 0.1) is 11.9 Å². The third-order valence-electron chi connectivity index (χ3n) is 4.55. The summed E-state index contributed by atoms with van der Waals surface area (Å²) in [6, 6.07) is 4.29. The zero-order chi connectivity index (χ0) is 21.7. The average Bonchev–Trinajstić information content (AvgIpc) is 3.07. The fourth-order valence-electron chi connectivity index (χ4n) is 3.23. The molecule has 3 N–H and O–H groups in total. The van der Waals surface area contributed by atoms with Crippen LogP contribution in [0.2, 0.25) is 0 Å². The van der Waals surface area contributed by atoms with Gasteiger partial charge in [0, 0.05) is 12.1 Å². The Labute approximate surface area is 180 Å². The van der Waals surface area contributed by atoms with Crippen molar-refractivity contribution in [1.29, 1.82) is 5.26 Å². The van der Waals surface area contributed by atoms with Crippen molar-refractivity contribution >= 4 is 34.3 Å². The van der Waals surface area contributed by atoms with Gasteiger partial charge in [-0.05, 0) is 71.0 Å². The summed E-state index contributed by atoms with van der Waals surface area (Å²) in [6.45, 7) is 7.46. The van der Waals surface area contributed by atoms with E-state index in [9.17, 15) is 10.1 Å². The molecule has 160 valence electrons. The second-order valence-electron chi connectivity index (χ2n) is 8.36.